The molecule has 1 saturated heterocycles. The van der Waals surface area contributed by atoms with Crippen LogP contribution in [0.3, 0.4) is 0 Å². The van der Waals surface area contributed by atoms with E-state index in [2.05, 4.69) is 5.32 Å². The molecule has 1 heterocycles. The third-order valence-electron chi connectivity index (χ3n) is 4.13. The molecule has 1 aliphatic rings. The standard InChI is InChI=1S/C20H15Cl2N3O2S/c1-24-18(26)16(11-23)20-25(15-7-5-13(21)6-8-15)19(27)17(28-20)10-12-3-2-4-14(22)9-12/h2-9,17H,10H2,1H3,(H,24,26)/b20-16-/t17-/m1/s1. The fourth-order valence-corrected chi connectivity index (χ4v) is 4.46. The number of thioether (sulfide) groups is 1. The number of amides is 2. The summed E-state index contributed by atoms with van der Waals surface area (Å²) in [6, 6.07) is 15.9. The van der Waals surface area contributed by atoms with Gasteiger partial charge in [0.15, 0.2) is 0 Å². The Hall–Kier alpha value is -2.46. The maximum Gasteiger partial charge on any atom is 0.264 e. The van der Waals surface area contributed by atoms with Gasteiger partial charge in [0.05, 0.1) is 5.25 Å². The Balaban J connectivity index is 2.04. The highest BCUT2D eigenvalue weighted by Gasteiger charge is 2.40. The summed E-state index contributed by atoms with van der Waals surface area (Å²) < 4.78 is 0. The van der Waals surface area contributed by atoms with E-state index in [0.717, 1.165) is 5.56 Å². The molecular weight excluding hydrogens is 417 g/mol. The van der Waals surface area contributed by atoms with E-state index in [1.54, 1.807) is 36.4 Å². The molecule has 28 heavy (non-hydrogen) atoms. The second kappa shape index (κ2) is 8.70. The number of rotatable bonds is 4. The van der Waals surface area contributed by atoms with Crippen molar-refractivity contribution in [3.63, 3.8) is 0 Å². The van der Waals surface area contributed by atoms with Crippen molar-refractivity contribution in [2.24, 2.45) is 0 Å². The molecule has 2 aromatic carbocycles. The molecule has 1 N–H and O–H groups in total. The maximum absolute atomic E-state index is 13.2. The highest BCUT2D eigenvalue weighted by Crippen LogP contribution is 2.42. The van der Waals surface area contributed by atoms with E-state index >= 15 is 0 Å². The summed E-state index contributed by atoms with van der Waals surface area (Å²) in [6.07, 6.45) is 0.421. The lowest BCUT2D eigenvalue weighted by atomic mass is 10.1. The fourth-order valence-electron chi connectivity index (χ4n) is 2.82. The van der Waals surface area contributed by atoms with Crippen LogP contribution in [0, 0.1) is 11.3 Å². The SMILES string of the molecule is CNC(=O)/C(C#N)=C1\S[C@H](Cc2cccc(Cl)c2)C(=O)N1c1ccc(Cl)cc1. The van der Waals surface area contributed by atoms with E-state index in [9.17, 15) is 14.9 Å². The minimum atomic E-state index is -0.542. The number of carbonyl (C=O) groups is 2. The molecule has 0 aliphatic carbocycles. The molecule has 0 radical (unpaired) electrons. The summed E-state index contributed by atoms with van der Waals surface area (Å²) in [6.45, 7) is 0. The second-order valence-electron chi connectivity index (χ2n) is 5.96. The molecular formula is C20H15Cl2N3O2S. The van der Waals surface area contributed by atoms with Crippen molar-refractivity contribution in [3.8, 4) is 6.07 Å². The van der Waals surface area contributed by atoms with Crippen molar-refractivity contribution in [1.82, 2.24) is 5.32 Å². The molecule has 8 heteroatoms. The minimum absolute atomic E-state index is 0.107. The third kappa shape index (κ3) is 4.17. The van der Waals surface area contributed by atoms with E-state index < -0.39 is 11.2 Å². The zero-order chi connectivity index (χ0) is 20.3. The van der Waals surface area contributed by atoms with Crippen molar-refractivity contribution in [2.75, 3.05) is 11.9 Å². The van der Waals surface area contributed by atoms with Crippen LogP contribution in [0.25, 0.3) is 0 Å². The molecule has 142 valence electrons. The predicted molar refractivity (Wildman–Crippen MR) is 112 cm³/mol. The monoisotopic (exact) mass is 431 g/mol. The van der Waals surface area contributed by atoms with Crippen molar-refractivity contribution in [3.05, 3.63) is 74.7 Å². The molecule has 0 bridgehead atoms. The lowest BCUT2D eigenvalue weighted by Crippen LogP contribution is -2.31. The van der Waals surface area contributed by atoms with Gasteiger partial charge in [0.25, 0.3) is 5.91 Å². The average Bonchev–Trinajstić information content (AvgIpc) is 2.99. The van der Waals surface area contributed by atoms with Crippen LogP contribution in [0.15, 0.2) is 59.1 Å². The number of hydrogen-bond donors (Lipinski definition) is 1. The minimum Gasteiger partial charge on any atom is -0.354 e. The van der Waals surface area contributed by atoms with Gasteiger partial charge in [-0.15, -0.1) is 0 Å². The number of nitriles is 1. The van der Waals surface area contributed by atoms with Crippen LogP contribution >= 0.6 is 35.0 Å². The number of halogens is 2. The molecule has 1 fully saturated rings. The Kier molecular flexibility index (Phi) is 6.30. The smallest absolute Gasteiger partial charge is 0.264 e. The van der Waals surface area contributed by atoms with Gasteiger partial charge in [0.2, 0.25) is 5.91 Å². The molecule has 0 saturated carbocycles. The van der Waals surface area contributed by atoms with E-state index in [-0.39, 0.29) is 11.5 Å². The summed E-state index contributed by atoms with van der Waals surface area (Å²) in [5, 5.41) is 12.9. The normalized spacial score (nSPS) is 18.0. The number of nitrogens with one attached hydrogen (secondary N) is 1. The van der Waals surface area contributed by atoms with Crippen LogP contribution in [0.4, 0.5) is 5.69 Å². The van der Waals surface area contributed by atoms with Crippen LogP contribution < -0.4 is 10.2 Å². The van der Waals surface area contributed by atoms with Gasteiger partial charge < -0.3 is 5.32 Å². The third-order valence-corrected chi connectivity index (χ3v) is 5.88. The van der Waals surface area contributed by atoms with Crippen LogP contribution in [0.2, 0.25) is 10.0 Å². The maximum atomic E-state index is 13.2. The number of carbonyl (C=O) groups excluding carboxylic acids is 2. The molecule has 0 unspecified atom stereocenters. The number of likely N-dealkylation sites (N-methyl/N-ethyl adjacent to an activating group) is 1. The number of nitrogens with zero attached hydrogens (tertiary/aromatic N) is 2. The zero-order valence-corrected chi connectivity index (χ0v) is 17.1. The van der Waals surface area contributed by atoms with E-state index in [4.69, 9.17) is 23.2 Å². The van der Waals surface area contributed by atoms with Crippen LogP contribution in [0.1, 0.15) is 5.56 Å². The van der Waals surface area contributed by atoms with Gasteiger partial charge >= 0.3 is 0 Å². The van der Waals surface area contributed by atoms with Gasteiger partial charge in [-0.2, -0.15) is 5.26 Å². The molecule has 1 atom stereocenters. The summed E-state index contributed by atoms with van der Waals surface area (Å²) in [5.41, 5.74) is 1.33. The lowest BCUT2D eigenvalue weighted by molar-refractivity contribution is -0.117. The summed E-state index contributed by atoms with van der Waals surface area (Å²) in [7, 11) is 1.44. The first-order valence-electron chi connectivity index (χ1n) is 8.31. The van der Waals surface area contributed by atoms with Crippen molar-refractivity contribution in [1.29, 1.82) is 5.26 Å². The van der Waals surface area contributed by atoms with Crippen molar-refractivity contribution >= 4 is 52.5 Å². The molecule has 3 rings (SSSR count). The number of hydrogen-bond acceptors (Lipinski definition) is 4. The molecule has 0 aromatic heterocycles. The largest absolute Gasteiger partial charge is 0.354 e. The number of anilines is 1. The van der Waals surface area contributed by atoms with Gasteiger partial charge in [-0.1, -0.05) is 47.1 Å². The Morgan fingerprint density at radius 3 is 2.54 bits per heavy atom. The second-order valence-corrected chi connectivity index (χ2v) is 8.03. The predicted octanol–water partition coefficient (Wildman–Crippen LogP) is 4.17. The Labute approximate surface area is 176 Å². The molecule has 2 aromatic rings. The molecule has 1 aliphatic heterocycles. The lowest BCUT2D eigenvalue weighted by Gasteiger charge is -2.18. The average molecular weight is 432 g/mol. The summed E-state index contributed by atoms with van der Waals surface area (Å²) in [5.74, 6) is -0.751. The first-order chi connectivity index (χ1) is 13.4. The van der Waals surface area contributed by atoms with Crippen LogP contribution in [-0.4, -0.2) is 24.1 Å². The van der Waals surface area contributed by atoms with Gasteiger partial charge in [0.1, 0.15) is 16.7 Å². The van der Waals surface area contributed by atoms with Gasteiger partial charge in [-0.05, 0) is 48.4 Å². The van der Waals surface area contributed by atoms with Crippen LogP contribution in [0.5, 0.6) is 0 Å². The molecule has 5 nitrogen and oxygen atoms in total. The first-order valence-corrected chi connectivity index (χ1v) is 9.95. The van der Waals surface area contributed by atoms with Crippen LogP contribution in [-0.2, 0) is 16.0 Å². The topological polar surface area (TPSA) is 73.2 Å². The van der Waals surface area contributed by atoms with Gasteiger partial charge in [-0.25, -0.2) is 0 Å². The molecule has 0 spiro atoms. The van der Waals surface area contributed by atoms with E-state index in [1.165, 1.54) is 23.7 Å². The number of benzene rings is 2. The zero-order valence-electron chi connectivity index (χ0n) is 14.8. The van der Waals surface area contributed by atoms with Crippen molar-refractivity contribution < 1.29 is 9.59 Å². The van der Waals surface area contributed by atoms with E-state index in [0.29, 0.717) is 27.2 Å². The Morgan fingerprint density at radius 2 is 1.93 bits per heavy atom. The highest BCUT2D eigenvalue weighted by atomic mass is 35.5. The Bertz CT molecular complexity index is 999. The highest BCUT2D eigenvalue weighted by molar-refractivity contribution is 8.05. The van der Waals surface area contributed by atoms with Gasteiger partial charge in [-0.3, -0.25) is 14.5 Å². The summed E-state index contributed by atoms with van der Waals surface area (Å²) >= 11 is 13.2. The molecule has 2 amide bonds. The van der Waals surface area contributed by atoms with E-state index in [1.807, 2.05) is 18.2 Å². The summed E-state index contributed by atoms with van der Waals surface area (Å²) in [4.78, 5) is 26.8. The van der Waals surface area contributed by atoms with Gasteiger partial charge in [0, 0.05) is 22.8 Å². The fraction of sp³-hybridized carbons (Fsp3) is 0.150. The van der Waals surface area contributed by atoms with Crippen molar-refractivity contribution in [2.45, 2.75) is 11.7 Å². The first kappa shape index (κ1) is 20.3. The quantitative estimate of drug-likeness (QED) is 0.582. The Morgan fingerprint density at radius 1 is 1.21 bits per heavy atom.